The van der Waals surface area contributed by atoms with Crippen LogP contribution in [0.2, 0.25) is 0 Å². The Bertz CT molecular complexity index is 65.7. The molecule has 1 fully saturated rings. The second kappa shape index (κ2) is 8.63. The zero-order chi connectivity index (χ0) is 7.11. The van der Waals surface area contributed by atoms with Gasteiger partial charge in [0.25, 0.3) is 0 Å². The van der Waals surface area contributed by atoms with Crippen molar-refractivity contribution in [2.45, 2.75) is 34.1 Å². The number of carbonyl (C=O) groups excluding carboxylic acids is 1. The van der Waals surface area contributed by atoms with E-state index in [4.69, 9.17) is 0 Å². The fourth-order valence-corrected chi connectivity index (χ4v) is 0.625. The molecule has 1 aliphatic rings. The lowest BCUT2D eigenvalue weighted by molar-refractivity contribution is -0.114. The predicted octanol–water partition coefficient (Wildman–Crippen LogP) is 1.60. The molecule has 62 valence electrons. The summed E-state index contributed by atoms with van der Waals surface area (Å²) in [5.41, 5.74) is 0. The third kappa shape index (κ3) is 15.6. The second-order valence-electron chi connectivity index (χ2n) is 2.37. The molecule has 1 N–H and O–H groups in total. The molecule has 1 rings (SSSR count). The number of hydrogen-bond donors (Lipinski definition) is 1. The van der Waals surface area contributed by atoms with Gasteiger partial charge in [-0.1, -0.05) is 7.43 Å². The van der Waals surface area contributed by atoms with Crippen LogP contribution < -0.4 is 5.32 Å². The van der Waals surface area contributed by atoms with Gasteiger partial charge >= 0.3 is 0 Å². The largest absolute Gasteiger partial charge is 0.317 e. The summed E-state index contributed by atoms with van der Waals surface area (Å²) >= 11 is 0. The average Bonchev–Trinajstić information content (AvgIpc) is 2.11. The highest BCUT2D eigenvalue weighted by Gasteiger charge is 1.93. The lowest BCUT2D eigenvalue weighted by atomic mass is 10.4. The molecule has 0 aromatic carbocycles. The van der Waals surface area contributed by atoms with Gasteiger partial charge in [0.1, 0.15) is 5.78 Å². The Morgan fingerprint density at radius 3 is 1.60 bits per heavy atom. The van der Waals surface area contributed by atoms with E-state index in [0.29, 0.717) is 0 Å². The third-order valence-corrected chi connectivity index (χ3v) is 0.957. The summed E-state index contributed by atoms with van der Waals surface area (Å²) in [4.78, 5) is 9.44. The Morgan fingerprint density at radius 1 is 1.20 bits per heavy atom. The molecule has 0 bridgehead atoms. The van der Waals surface area contributed by atoms with Gasteiger partial charge in [0.2, 0.25) is 0 Å². The van der Waals surface area contributed by atoms with E-state index in [2.05, 4.69) is 5.32 Å². The fraction of sp³-hybridized carbons (Fsp3) is 0.875. The molecule has 0 spiro atoms. The number of rotatable bonds is 0. The van der Waals surface area contributed by atoms with E-state index in [1.165, 1.54) is 39.8 Å². The molecule has 0 aromatic rings. The number of nitrogens with one attached hydrogen (secondary N) is 1. The second-order valence-corrected chi connectivity index (χ2v) is 2.37. The molecule has 0 aromatic heterocycles. The minimum atomic E-state index is 0. The standard InChI is InChI=1S/C4H9N.C3H6O.CH4/c1-2-4-5-3-1;1-3(2)4;/h5H,1-4H2;1-2H3;1H4. The highest BCUT2D eigenvalue weighted by molar-refractivity contribution is 5.72. The molecule has 2 heteroatoms. The zero-order valence-corrected chi connectivity index (χ0v) is 6.24. The summed E-state index contributed by atoms with van der Waals surface area (Å²) in [5, 5.41) is 3.22. The van der Waals surface area contributed by atoms with E-state index in [-0.39, 0.29) is 13.2 Å². The highest BCUT2D eigenvalue weighted by Crippen LogP contribution is 1.90. The maximum atomic E-state index is 9.44. The lowest BCUT2D eigenvalue weighted by Crippen LogP contribution is -2.03. The van der Waals surface area contributed by atoms with Crippen molar-refractivity contribution >= 4 is 5.78 Å². The van der Waals surface area contributed by atoms with Gasteiger partial charge < -0.3 is 10.1 Å². The first kappa shape index (κ1) is 12.3. The molecule has 1 heterocycles. The van der Waals surface area contributed by atoms with Crippen molar-refractivity contribution in [3.63, 3.8) is 0 Å². The normalized spacial score (nSPS) is 14.6. The predicted molar refractivity (Wildman–Crippen MR) is 45.2 cm³/mol. The van der Waals surface area contributed by atoms with Gasteiger partial charge in [-0.3, -0.25) is 0 Å². The van der Waals surface area contributed by atoms with Gasteiger partial charge in [0, 0.05) is 0 Å². The van der Waals surface area contributed by atoms with Gasteiger partial charge in [-0.05, 0) is 39.8 Å². The van der Waals surface area contributed by atoms with Crippen LogP contribution in [0.3, 0.4) is 0 Å². The van der Waals surface area contributed by atoms with Crippen molar-refractivity contribution < 1.29 is 4.79 Å². The topological polar surface area (TPSA) is 29.1 Å². The Kier molecular flexibility index (Phi) is 10.6. The molecule has 0 atom stereocenters. The van der Waals surface area contributed by atoms with Crippen LogP contribution in [-0.2, 0) is 4.79 Å². The maximum absolute atomic E-state index is 9.44. The van der Waals surface area contributed by atoms with Gasteiger partial charge in [-0.15, -0.1) is 0 Å². The first-order chi connectivity index (χ1) is 4.23. The molecule has 2 nitrogen and oxygen atoms in total. The van der Waals surface area contributed by atoms with E-state index in [1.54, 1.807) is 0 Å². The van der Waals surface area contributed by atoms with Gasteiger partial charge in [0.15, 0.2) is 0 Å². The Morgan fingerprint density at radius 2 is 1.50 bits per heavy atom. The Labute approximate surface area is 64.0 Å². The number of hydrogen-bond acceptors (Lipinski definition) is 2. The number of ketones is 1. The lowest BCUT2D eigenvalue weighted by Gasteiger charge is -1.76. The van der Waals surface area contributed by atoms with E-state index < -0.39 is 0 Å². The average molecular weight is 145 g/mol. The SMILES string of the molecule is C.C1CCNC1.CC(C)=O. The van der Waals surface area contributed by atoms with E-state index in [1.807, 2.05) is 0 Å². The van der Waals surface area contributed by atoms with Crippen LogP contribution in [0.5, 0.6) is 0 Å². The fourth-order valence-electron chi connectivity index (χ4n) is 0.625. The van der Waals surface area contributed by atoms with Crippen LogP contribution in [0, 0.1) is 0 Å². The molecule has 1 aliphatic heterocycles. The van der Waals surface area contributed by atoms with Crippen LogP contribution in [0.15, 0.2) is 0 Å². The zero-order valence-electron chi connectivity index (χ0n) is 6.24. The van der Waals surface area contributed by atoms with Crippen LogP contribution >= 0.6 is 0 Å². The third-order valence-electron chi connectivity index (χ3n) is 0.957. The minimum Gasteiger partial charge on any atom is -0.317 e. The molecule has 0 saturated carbocycles. The van der Waals surface area contributed by atoms with Crippen molar-refractivity contribution in [1.82, 2.24) is 5.32 Å². The Hall–Kier alpha value is -0.370. The summed E-state index contributed by atoms with van der Waals surface area (Å²) < 4.78 is 0. The maximum Gasteiger partial charge on any atom is 0.126 e. The molecule has 0 aliphatic carbocycles. The van der Waals surface area contributed by atoms with Crippen molar-refractivity contribution in [2.24, 2.45) is 0 Å². The molecule has 10 heavy (non-hydrogen) atoms. The van der Waals surface area contributed by atoms with E-state index in [0.717, 1.165) is 0 Å². The summed E-state index contributed by atoms with van der Waals surface area (Å²) in [5.74, 6) is 0.167. The van der Waals surface area contributed by atoms with Crippen molar-refractivity contribution in [3.05, 3.63) is 0 Å². The van der Waals surface area contributed by atoms with Crippen LogP contribution in [0.25, 0.3) is 0 Å². The van der Waals surface area contributed by atoms with Crippen LogP contribution in [-0.4, -0.2) is 18.9 Å². The molecular weight excluding hydrogens is 126 g/mol. The van der Waals surface area contributed by atoms with Gasteiger partial charge in [-0.25, -0.2) is 0 Å². The van der Waals surface area contributed by atoms with Crippen LogP contribution in [0.1, 0.15) is 34.1 Å². The van der Waals surface area contributed by atoms with Gasteiger partial charge in [-0.2, -0.15) is 0 Å². The Balaban J connectivity index is 0. The minimum absolute atomic E-state index is 0. The monoisotopic (exact) mass is 145 g/mol. The summed E-state index contributed by atoms with van der Waals surface area (Å²) in [6.07, 6.45) is 2.78. The number of carbonyl (C=O) groups is 1. The number of Topliss-reactive ketones (excluding diaryl/α,β-unsaturated/α-hetero) is 1. The van der Waals surface area contributed by atoms with Crippen LogP contribution in [0.4, 0.5) is 0 Å². The van der Waals surface area contributed by atoms with E-state index >= 15 is 0 Å². The highest BCUT2D eigenvalue weighted by atomic mass is 16.1. The van der Waals surface area contributed by atoms with Gasteiger partial charge in [0.05, 0.1) is 0 Å². The first-order valence-electron chi connectivity index (χ1n) is 3.41. The van der Waals surface area contributed by atoms with Crippen molar-refractivity contribution in [1.29, 1.82) is 0 Å². The molecule has 0 unspecified atom stereocenters. The van der Waals surface area contributed by atoms with Crippen molar-refractivity contribution in [3.8, 4) is 0 Å². The molecule has 1 saturated heterocycles. The molecule has 0 amide bonds. The smallest absolute Gasteiger partial charge is 0.126 e. The quantitative estimate of drug-likeness (QED) is 0.561. The summed E-state index contributed by atoms with van der Waals surface area (Å²) in [7, 11) is 0. The summed E-state index contributed by atoms with van der Waals surface area (Å²) in [6.45, 7) is 5.56. The molecule has 0 radical (unpaired) electrons. The van der Waals surface area contributed by atoms with E-state index in [9.17, 15) is 4.79 Å². The summed E-state index contributed by atoms with van der Waals surface area (Å²) in [6, 6.07) is 0. The van der Waals surface area contributed by atoms with Crippen molar-refractivity contribution in [2.75, 3.05) is 13.1 Å². The molecular formula is C8H19NO. The first-order valence-corrected chi connectivity index (χ1v) is 3.41.